The smallest absolute Gasteiger partial charge is 0.192 e. The Kier molecular flexibility index (Phi) is 11.7. The van der Waals surface area contributed by atoms with Crippen LogP contribution in [0.1, 0.15) is 93.9 Å². The van der Waals surface area contributed by atoms with Crippen LogP contribution < -0.4 is 0 Å². The van der Waals surface area contributed by atoms with E-state index in [1.165, 1.54) is 19.3 Å². The molecular weight excluding hydrogens is 388 g/mol. The third-order valence-electron chi connectivity index (χ3n) is 7.08. The van der Waals surface area contributed by atoms with Gasteiger partial charge in [0.15, 0.2) is 16.6 Å². The fourth-order valence-electron chi connectivity index (χ4n) is 2.99. The Bertz CT molecular complexity index is 470. The molecule has 0 radical (unpaired) electrons. The normalized spacial score (nSPS) is 16.2. The van der Waals surface area contributed by atoms with E-state index in [0.29, 0.717) is 6.10 Å². The lowest BCUT2D eigenvalue weighted by Crippen LogP contribution is -2.45. The second kappa shape index (κ2) is 11.6. The van der Waals surface area contributed by atoms with Crippen molar-refractivity contribution in [3.63, 3.8) is 0 Å². The van der Waals surface area contributed by atoms with Crippen molar-refractivity contribution in [3.8, 4) is 0 Å². The van der Waals surface area contributed by atoms with Crippen molar-refractivity contribution < 1.29 is 8.85 Å². The Morgan fingerprint density at radius 3 is 1.52 bits per heavy atom. The molecule has 0 spiro atoms. The van der Waals surface area contributed by atoms with E-state index in [1.54, 1.807) is 0 Å². The lowest BCUT2D eigenvalue weighted by Gasteiger charge is -2.41. The number of hydrogen-bond acceptors (Lipinski definition) is 2. The second-order valence-electron chi connectivity index (χ2n) is 12.4. The van der Waals surface area contributed by atoms with Crippen LogP contribution in [-0.4, -0.2) is 28.8 Å². The first-order chi connectivity index (χ1) is 12.9. The van der Waals surface area contributed by atoms with Crippen LogP contribution in [0.15, 0.2) is 12.7 Å². The number of hydrogen-bond donors (Lipinski definition) is 0. The van der Waals surface area contributed by atoms with Crippen LogP contribution in [0.5, 0.6) is 0 Å². The number of rotatable bonds is 13. The molecule has 0 aliphatic carbocycles. The Balaban J connectivity index is 5.19. The van der Waals surface area contributed by atoms with E-state index >= 15 is 0 Å². The van der Waals surface area contributed by atoms with E-state index in [-0.39, 0.29) is 16.2 Å². The topological polar surface area (TPSA) is 18.5 Å². The molecule has 0 aromatic rings. The average Bonchev–Trinajstić information content (AvgIpc) is 2.49. The van der Waals surface area contributed by atoms with Gasteiger partial charge in [-0.15, -0.1) is 6.58 Å². The summed E-state index contributed by atoms with van der Waals surface area (Å²) in [4.78, 5) is 0. The van der Waals surface area contributed by atoms with Crippen molar-refractivity contribution in [2.75, 3.05) is 0 Å². The highest BCUT2D eigenvalue weighted by molar-refractivity contribution is 6.74. The molecule has 0 N–H and O–H groups in total. The van der Waals surface area contributed by atoms with E-state index in [9.17, 15) is 0 Å². The predicted octanol–water partition coefficient (Wildman–Crippen LogP) is 8.95. The molecule has 4 heteroatoms. The van der Waals surface area contributed by atoms with Crippen LogP contribution in [0.3, 0.4) is 0 Å². The third-order valence-corrected chi connectivity index (χ3v) is 16.2. The lowest BCUT2D eigenvalue weighted by molar-refractivity contribution is 0.117. The summed E-state index contributed by atoms with van der Waals surface area (Å²) in [6.07, 6.45) is 9.46. The molecule has 0 heterocycles. The van der Waals surface area contributed by atoms with Crippen LogP contribution in [0.2, 0.25) is 36.3 Å². The maximum atomic E-state index is 6.88. The van der Waals surface area contributed by atoms with Crippen molar-refractivity contribution in [1.29, 1.82) is 0 Å². The zero-order chi connectivity index (χ0) is 23.1. The maximum absolute atomic E-state index is 6.88. The summed E-state index contributed by atoms with van der Waals surface area (Å²) >= 11 is 0. The monoisotopic (exact) mass is 442 g/mol. The van der Waals surface area contributed by atoms with Crippen LogP contribution in [-0.2, 0) is 8.85 Å². The van der Waals surface area contributed by atoms with Gasteiger partial charge in [0.1, 0.15) is 0 Å². The molecule has 0 aliphatic rings. The summed E-state index contributed by atoms with van der Waals surface area (Å²) in [5.41, 5.74) is 0. The molecule has 0 bridgehead atoms. The largest absolute Gasteiger partial charge is 0.414 e. The van der Waals surface area contributed by atoms with Crippen LogP contribution in [0.25, 0.3) is 0 Å². The van der Waals surface area contributed by atoms with Gasteiger partial charge in [0.2, 0.25) is 0 Å². The van der Waals surface area contributed by atoms with Crippen LogP contribution in [0.4, 0.5) is 0 Å². The highest BCUT2D eigenvalue weighted by Gasteiger charge is 2.40. The van der Waals surface area contributed by atoms with Gasteiger partial charge in [-0.2, -0.15) is 0 Å². The summed E-state index contributed by atoms with van der Waals surface area (Å²) in [5, 5.41) is 0.488. The zero-order valence-corrected chi connectivity index (χ0v) is 24.1. The minimum Gasteiger partial charge on any atom is -0.414 e. The Labute approximate surface area is 186 Å². The highest BCUT2D eigenvalue weighted by Crippen LogP contribution is 2.40. The Morgan fingerprint density at radius 1 is 0.724 bits per heavy atom. The molecule has 0 unspecified atom stereocenters. The Morgan fingerprint density at radius 2 is 1.14 bits per heavy atom. The van der Waals surface area contributed by atoms with Gasteiger partial charge in [-0.3, -0.25) is 0 Å². The van der Waals surface area contributed by atoms with Gasteiger partial charge in [-0.05, 0) is 67.9 Å². The van der Waals surface area contributed by atoms with Gasteiger partial charge < -0.3 is 8.85 Å². The van der Waals surface area contributed by atoms with E-state index in [4.69, 9.17) is 8.85 Å². The van der Waals surface area contributed by atoms with Crippen molar-refractivity contribution in [1.82, 2.24) is 0 Å². The standard InChI is InChI=1S/C25H54O2Si2/c1-14-16-22(26-28(10,11)24(4,5)6)19-20-23(18-15-17-21(2)3)27-29(12,13)25(7,8)9/h14,21-23H,1,15-20H2,2-13H3/t22-,23-/m1/s1. The second-order valence-corrected chi connectivity index (χ2v) is 21.9. The molecule has 2 atom stereocenters. The fraction of sp³-hybridized carbons (Fsp3) is 0.920. The molecular formula is C25H54O2Si2. The van der Waals surface area contributed by atoms with Gasteiger partial charge in [0.25, 0.3) is 0 Å². The Hall–Kier alpha value is 0.0938. The predicted molar refractivity (Wildman–Crippen MR) is 137 cm³/mol. The molecule has 0 aromatic carbocycles. The first kappa shape index (κ1) is 29.1. The van der Waals surface area contributed by atoms with E-state index < -0.39 is 16.6 Å². The molecule has 0 saturated carbocycles. The minimum absolute atomic E-state index is 0.237. The fourth-order valence-corrected chi connectivity index (χ4v) is 5.81. The molecule has 0 aromatic heterocycles. The van der Waals surface area contributed by atoms with Gasteiger partial charge in [-0.25, -0.2) is 0 Å². The van der Waals surface area contributed by atoms with Gasteiger partial charge in [0.05, 0.1) is 0 Å². The van der Waals surface area contributed by atoms with Crippen molar-refractivity contribution in [2.45, 2.75) is 142 Å². The summed E-state index contributed by atoms with van der Waals surface area (Å²) in [5.74, 6) is 0.763. The molecule has 0 saturated heterocycles. The zero-order valence-electron chi connectivity index (χ0n) is 22.1. The van der Waals surface area contributed by atoms with Gasteiger partial charge >= 0.3 is 0 Å². The lowest BCUT2D eigenvalue weighted by atomic mass is 10.0. The summed E-state index contributed by atoms with van der Waals surface area (Å²) in [6, 6.07) is 0. The highest BCUT2D eigenvalue weighted by atomic mass is 28.4. The summed E-state index contributed by atoms with van der Waals surface area (Å²) < 4.78 is 13.6. The molecule has 0 amide bonds. The van der Waals surface area contributed by atoms with Crippen molar-refractivity contribution in [3.05, 3.63) is 12.7 Å². The first-order valence-corrected chi connectivity index (χ1v) is 17.7. The van der Waals surface area contributed by atoms with Gasteiger partial charge in [0, 0.05) is 12.2 Å². The molecule has 0 rings (SSSR count). The molecule has 0 fully saturated rings. The van der Waals surface area contributed by atoms with E-state index in [0.717, 1.165) is 25.2 Å². The molecule has 29 heavy (non-hydrogen) atoms. The SMILES string of the molecule is C=CC[C@H](CC[C@@H](CCCC(C)C)O[Si](C)(C)C(C)(C)C)O[Si](C)(C)C(C)(C)C. The first-order valence-electron chi connectivity index (χ1n) is 11.9. The minimum atomic E-state index is -1.77. The maximum Gasteiger partial charge on any atom is 0.192 e. The van der Waals surface area contributed by atoms with Crippen LogP contribution in [0, 0.1) is 5.92 Å². The quantitative estimate of drug-likeness (QED) is 0.209. The van der Waals surface area contributed by atoms with E-state index in [1.807, 2.05) is 6.08 Å². The van der Waals surface area contributed by atoms with Crippen LogP contribution >= 0.6 is 0 Å². The summed E-state index contributed by atoms with van der Waals surface area (Å²) in [7, 11) is -3.54. The average molecular weight is 443 g/mol. The van der Waals surface area contributed by atoms with E-state index in [2.05, 4.69) is 88.2 Å². The third kappa shape index (κ3) is 10.8. The van der Waals surface area contributed by atoms with Crippen molar-refractivity contribution >= 4 is 16.6 Å². The molecule has 0 aliphatic heterocycles. The molecule has 2 nitrogen and oxygen atoms in total. The van der Waals surface area contributed by atoms with Crippen molar-refractivity contribution in [2.24, 2.45) is 5.92 Å². The molecule has 174 valence electrons. The van der Waals surface area contributed by atoms with Gasteiger partial charge in [-0.1, -0.05) is 74.3 Å². The summed E-state index contributed by atoms with van der Waals surface area (Å²) in [6.45, 7) is 32.1.